The summed E-state index contributed by atoms with van der Waals surface area (Å²) in [5.41, 5.74) is 1.25. The smallest absolute Gasteiger partial charge is 0.119 e. The molecule has 1 saturated heterocycles. The van der Waals surface area contributed by atoms with E-state index in [2.05, 4.69) is 17.0 Å². The van der Waals surface area contributed by atoms with Crippen molar-refractivity contribution >= 4 is 0 Å². The van der Waals surface area contributed by atoms with Gasteiger partial charge in [0, 0.05) is 19.1 Å². The highest BCUT2D eigenvalue weighted by Crippen LogP contribution is 2.24. The lowest BCUT2D eigenvalue weighted by Crippen LogP contribution is -2.01. The zero-order valence-electron chi connectivity index (χ0n) is 8.81. The van der Waals surface area contributed by atoms with Crippen molar-refractivity contribution < 1.29 is 4.74 Å². The van der Waals surface area contributed by atoms with Gasteiger partial charge in [0.15, 0.2) is 0 Å². The van der Waals surface area contributed by atoms with E-state index in [9.17, 15) is 0 Å². The highest BCUT2D eigenvalue weighted by atomic mass is 16.5. The molecule has 2 rings (SSSR count). The molecule has 3 nitrogen and oxygen atoms in total. The molecular weight excluding hydrogens is 188 g/mol. The van der Waals surface area contributed by atoms with Gasteiger partial charge in [-0.3, -0.25) is 4.90 Å². The Kier molecular flexibility index (Phi) is 2.89. The summed E-state index contributed by atoms with van der Waals surface area (Å²) in [6.07, 6.45) is 0.643. The number of hydrogen-bond donors (Lipinski definition) is 0. The molecule has 0 amide bonds. The van der Waals surface area contributed by atoms with Crippen molar-refractivity contribution in [2.75, 3.05) is 13.7 Å². The van der Waals surface area contributed by atoms with E-state index in [0.717, 1.165) is 18.8 Å². The Balaban J connectivity index is 1.92. The van der Waals surface area contributed by atoms with Gasteiger partial charge in [-0.25, -0.2) is 0 Å². The van der Waals surface area contributed by atoms with Crippen LogP contribution in [0.15, 0.2) is 24.3 Å². The van der Waals surface area contributed by atoms with E-state index in [-0.39, 0.29) is 0 Å². The summed E-state index contributed by atoms with van der Waals surface area (Å²) >= 11 is 0. The van der Waals surface area contributed by atoms with Gasteiger partial charge in [-0.1, -0.05) is 12.1 Å². The fourth-order valence-electron chi connectivity index (χ4n) is 1.72. The zero-order valence-corrected chi connectivity index (χ0v) is 8.81. The first-order valence-corrected chi connectivity index (χ1v) is 5.07. The maximum absolute atomic E-state index is 8.55. The average molecular weight is 202 g/mol. The first-order valence-electron chi connectivity index (χ1n) is 5.07. The van der Waals surface area contributed by atoms with Crippen LogP contribution in [0.25, 0.3) is 0 Å². The van der Waals surface area contributed by atoms with E-state index in [1.807, 2.05) is 18.2 Å². The molecule has 2 unspecified atom stereocenters. The predicted octanol–water partition coefficient (Wildman–Crippen LogP) is 1.79. The van der Waals surface area contributed by atoms with Gasteiger partial charge in [0.2, 0.25) is 0 Å². The van der Waals surface area contributed by atoms with E-state index in [1.165, 1.54) is 5.56 Å². The van der Waals surface area contributed by atoms with E-state index in [1.54, 1.807) is 7.11 Å². The van der Waals surface area contributed by atoms with Crippen LogP contribution in [-0.2, 0) is 6.54 Å². The number of ether oxygens (including phenoxy) is 1. The van der Waals surface area contributed by atoms with Crippen LogP contribution in [0.4, 0.5) is 0 Å². The minimum Gasteiger partial charge on any atom is -0.497 e. The topological polar surface area (TPSA) is 36.0 Å². The monoisotopic (exact) mass is 202 g/mol. The van der Waals surface area contributed by atoms with Gasteiger partial charge in [-0.15, -0.1) is 0 Å². The predicted molar refractivity (Wildman–Crippen MR) is 57.4 cm³/mol. The molecule has 1 aliphatic rings. The van der Waals surface area contributed by atoms with Crippen molar-refractivity contribution in [3.05, 3.63) is 29.8 Å². The molecule has 1 aromatic carbocycles. The number of hydrogen-bond acceptors (Lipinski definition) is 3. The second-order valence-corrected chi connectivity index (χ2v) is 3.80. The number of benzene rings is 1. The summed E-state index contributed by atoms with van der Waals surface area (Å²) in [7, 11) is 1.68. The van der Waals surface area contributed by atoms with Crippen LogP contribution in [0.1, 0.15) is 12.0 Å². The first-order chi connectivity index (χ1) is 7.33. The minimum atomic E-state index is 0.473. The lowest BCUT2D eigenvalue weighted by Gasteiger charge is -2.05. The molecule has 1 heterocycles. The van der Waals surface area contributed by atoms with Crippen LogP contribution < -0.4 is 4.74 Å². The molecule has 78 valence electrons. The van der Waals surface area contributed by atoms with Crippen LogP contribution in [0.3, 0.4) is 0 Å². The number of nitriles is 1. The molecule has 3 heteroatoms. The molecule has 1 aromatic rings. The molecule has 0 N–H and O–H groups in total. The Hall–Kier alpha value is -1.53. The molecule has 0 radical (unpaired) electrons. The first kappa shape index (κ1) is 10.0. The summed E-state index contributed by atoms with van der Waals surface area (Å²) < 4.78 is 5.16. The second-order valence-electron chi connectivity index (χ2n) is 3.80. The van der Waals surface area contributed by atoms with Crippen molar-refractivity contribution in [3.8, 4) is 11.8 Å². The van der Waals surface area contributed by atoms with Crippen LogP contribution in [0.2, 0.25) is 0 Å². The normalized spacial score (nSPS) is 23.2. The molecule has 0 spiro atoms. The fraction of sp³-hybridized carbons (Fsp3) is 0.417. The largest absolute Gasteiger partial charge is 0.497 e. The third-order valence-electron chi connectivity index (χ3n) is 2.67. The number of nitrogens with zero attached hydrogens (tertiary/aromatic N) is 2. The van der Waals surface area contributed by atoms with Gasteiger partial charge in [-0.2, -0.15) is 5.26 Å². The van der Waals surface area contributed by atoms with E-state index < -0.39 is 0 Å². The van der Waals surface area contributed by atoms with E-state index in [0.29, 0.717) is 12.5 Å². The lowest BCUT2D eigenvalue weighted by molar-refractivity contribution is 0.413. The molecular formula is C12H14N2O. The standard InChI is InChI=1S/C12H14N2O/c1-15-12-4-2-3-10(7-12)8-14-9-11(14)5-6-13/h2-4,7,11H,5,8-9H2,1H3. The number of methoxy groups -OCH3 is 1. The van der Waals surface area contributed by atoms with Gasteiger partial charge in [-0.05, 0) is 17.7 Å². The molecule has 2 atom stereocenters. The van der Waals surface area contributed by atoms with Crippen LogP contribution in [-0.4, -0.2) is 24.6 Å². The molecule has 0 bridgehead atoms. The molecule has 1 fully saturated rings. The van der Waals surface area contributed by atoms with Crippen LogP contribution in [0.5, 0.6) is 5.75 Å². The van der Waals surface area contributed by atoms with Crippen LogP contribution in [0, 0.1) is 11.3 Å². The third-order valence-corrected chi connectivity index (χ3v) is 2.67. The molecule has 15 heavy (non-hydrogen) atoms. The van der Waals surface area contributed by atoms with Gasteiger partial charge in [0.1, 0.15) is 5.75 Å². The Labute approximate surface area is 89.9 Å². The minimum absolute atomic E-state index is 0.473. The van der Waals surface area contributed by atoms with Crippen molar-refractivity contribution in [2.24, 2.45) is 0 Å². The van der Waals surface area contributed by atoms with Gasteiger partial charge in [0.05, 0.1) is 19.6 Å². The average Bonchev–Trinajstić information content (AvgIpc) is 2.97. The highest BCUT2D eigenvalue weighted by molar-refractivity contribution is 5.28. The van der Waals surface area contributed by atoms with Crippen molar-refractivity contribution in [1.82, 2.24) is 4.90 Å². The summed E-state index contributed by atoms with van der Waals surface area (Å²) in [6.45, 7) is 1.97. The zero-order chi connectivity index (χ0) is 10.7. The van der Waals surface area contributed by atoms with E-state index >= 15 is 0 Å². The molecule has 0 aliphatic carbocycles. The third kappa shape index (κ3) is 2.48. The maximum atomic E-state index is 8.55. The molecule has 0 aromatic heterocycles. The van der Waals surface area contributed by atoms with Gasteiger partial charge >= 0.3 is 0 Å². The Morgan fingerprint density at radius 1 is 1.60 bits per heavy atom. The summed E-state index contributed by atoms with van der Waals surface area (Å²) in [5, 5.41) is 8.55. The van der Waals surface area contributed by atoms with Crippen molar-refractivity contribution in [1.29, 1.82) is 5.26 Å². The van der Waals surface area contributed by atoms with E-state index in [4.69, 9.17) is 10.00 Å². The summed E-state index contributed by atoms with van der Waals surface area (Å²) in [4.78, 5) is 2.29. The Bertz CT molecular complexity index is 383. The summed E-state index contributed by atoms with van der Waals surface area (Å²) in [5.74, 6) is 0.895. The fourth-order valence-corrected chi connectivity index (χ4v) is 1.72. The summed E-state index contributed by atoms with van der Waals surface area (Å²) in [6, 6.07) is 10.7. The lowest BCUT2D eigenvalue weighted by atomic mass is 10.2. The van der Waals surface area contributed by atoms with Crippen molar-refractivity contribution in [3.63, 3.8) is 0 Å². The maximum Gasteiger partial charge on any atom is 0.119 e. The quantitative estimate of drug-likeness (QED) is 0.698. The second kappa shape index (κ2) is 4.33. The Morgan fingerprint density at radius 3 is 3.20 bits per heavy atom. The molecule has 0 saturated carbocycles. The highest BCUT2D eigenvalue weighted by Gasteiger charge is 2.32. The molecule has 1 aliphatic heterocycles. The van der Waals surface area contributed by atoms with Crippen LogP contribution >= 0.6 is 0 Å². The van der Waals surface area contributed by atoms with Crippen molar-refractivity contribution in [2.45, 2.75) is 19.0 Å². The Morgan fingerprint density at radius 2 is 2.47 bits per heavy atom. The SMILES string of the molecule is COc1cccc(CN2CC2CC#N)c1. The number of rotatable bonds is 4. The van der Waals surface area contributed by atoms with Gasteiger partial charge in [0.25, 0.3) is 0 Å². The van der Waals surface area contributed by atoms with Gasteiger partial charge < -0.3 is 4.74 Å².